The lowest BCUT2D eigenvalue weighted by Crippen LogP contribution is -2.46. The van der Waals surface area contributed by atoms with Crippen molar-refractivity contribution in [2.45, 2.75) is 33.8 Å². The first-order chi connectivity index (χ1) is 8.23. The molecule has 0 fully saturated rings. The van der Waals surface area contributed by atoms with Gasteiger partial charge in [0.15, 0.2) is 11.3 Å². The van der Waals surface area contributed by atoms with Gasteiger partial charge in [-0.3, -0.25) is 9.59 Å². The average Bonchev–Trinajstić information content (AvgIpc) is 2.23. The van der Waals surface area contributed by atoms with E-state index in [2.05, 4.69) is 0 Å². The Labute approximate surface area is 106 Å². The summed E-state index contributed by atoms with van der Waals surface area (Å²) >= 11 is 0. The van der Waals surface area contributed by atoms with Gasteiger partial charge in [0.2, 0.25) is 0 Å². The molecule has 2 atom stereocenters. The molecular formula is C12H16N2O4. The van der Waals surface area contributed by atoms with Crippen LogP contribution >= 0.6 is 0 Å². The van der Waals surface area contributed by atoms with Crippen molar-refractivity contribution >= 4 is 11.9 Å². The minimum atomic E-state index is -2.00. The summed E-state index contributed by atoms with van der Waals surface area (Å²) in [7, 11) is 0. The van der Waals surface area contributed by atoms with Gasteiger partial charge in [0.25, 0.3) is 0 Å². The highest BCUT2D eigenvalue weighted by Gasteiger charge is 2.54. The Hall–Kier alpha value is -2.08. The number of nitrogens with zero attached hydrogens (tertiary/aromatic N) is 2. The molecule has 0 heterocycles. The first-order valence-electron chi connectivity index (χ1n) is 5.48. The third-order valence-electron chi connectivity index (χ3n) is 2.61. The summed E-state index contributed by atoms with van der Waals surface area (Å²) in [5.41, 5.74) is -2.00. The molecule has 0 aliphatic rings. The summed E-state index contributed by atoms with van der Waals surface area (Å²) in [6, 6.07) is 3.18. The normalized spacial score (nSPS) is 15.3. The Bertz CT molecular complexity index is 417. The van der Waals surface area contributed by atoms with Gasteiger partial charge in [-0.1, -0.05) is 13.8 Å². The summed E-state index contributed by atoms with van der Waals surface area (Å²) in [5.74, 6) is -4.89. The second-order valence-corrected chi connectivity index (χ2v) is 4.49. The van der Waals surface area contributed by atoms with Crippen LogP contribution in [-0.4, -0.2) is 23.1 Å². The number of carboxylic acid groups (broad SMARTS) is 1. The lowest BCUT2D eigenvalue weighted by Gasteiger charge is -2.30. The molecule has 0 aliphatic carbocycles. The smallest absolute Gasteiger partial charge is 0.329 e. The molecule has 2 unspecified atom stereocenters. The van der Waals surface area contributed by atoms with Crippen LogP contribution in [0.2, 0.25) is 0 Å². The van der Waals surface area contributed by atoms with Gasteiger partial charge in [-0.05, 0) is 19.8 Å². The number of aliphatic carboxylic acids is 1. The summed E-state index contributed by atoms with van der Waals surface area (Å²) in [5, 5.41) is 27.1. The van der Waals surface area contributed by atoms with Crippen LogP contribution in [-0.2, 0) is 14.3 Å². The molecule has 6 heteroatoms. The highest BCUT2D eigenvalue weighted by Crippen LogP contribution is 2.37. The van der Waals surface area contributed by atoms with E-state index in [1.165, 1.54) is 19.9 Å². The quantitative estimate of drug-likeness (QED) is 0.739. The topological polar surface area (TPSA) is 111 Å². The van der Waals surface area contributed by atoms with E-state index in [0.717, 1.165) is 0 Å². The number of ether oxygens (including phenoxy) is 1. The van der Waals surface area contributed by atoms with Crippen LogP contribution < -0.4 is 0 Å². The van der Waals surface area contributed by atoms with Gasteiger partial charge in [0.1, 0.15) is 0 Å². The summed E-state index contributed by atoms with van der Waals surface area (Å²) < 4.78 is 4.92. The molecule has 6 nitrogen and oxygen atoms in total. The highest BCUT2D eigenvalue weighted by atomic mass is 16.5. The second kappa shape index (κ2) is 6.02. The highest BCUT2D eigenvalue weighted by molar-refractivity contribution is 5.89. The number of nitriles is 2. The van der Waals surface area contributed by atoms with E-state index in [4.69, 9.17) is 15.1 Å². The van der Waals surface area contributed by atoms with Crippen LogP contribution in [0.25, 0.3) is 0 Å². The predicted molar refractivity (Wildman–Crippen MR) is 60.9 cm³/mol. The molecule has 0 amide bonds. The Balaban J connectivity index is 5.73. The molecule has 18 heavy (non-hydrogen) atoms. The van der Waals surface area contributed by atoms with Crippen molar-refractivity contribution < 1.29 is 19.4 Å². The maximum atomic E-state index is 12.0. The van der Waals surface area contributed by atoms with Gasteiger partial charge in [-0.2, -0.15) is 10.5 Å². The summed E-state index contributed by atoms with van der Waals surface area (Å²) in [6.07, 6.45) is -0.489. The minimum Gasteiger partial charge on any atom is -0.480 e. The maximum absolute atomic E-state index is 12.0. The SMILES string of the molecule is CC(C)OC(=O)C(C#N)(C(C)C)C(C#N)C(=O)O. The van der Waals surface area contributed by atoms with Crippen LogP contribution in [0.1, 0.15) is 27.7 Å². The lowest BCUT2D eigenvalue weighted by atomic mass is 9.69. The number of esters is 1. The fraction of sp³-hybridized carbons (Fsp3) is 0.667. The van der Waals surface area contributed by atoms with Crippen LogP contribution in [0.5, 0.6) is 0 Å². The zero-order valence-electron chi connectivity index (χ0n) is 10.8. The van der Waals surface area contributed by atoms with E-state index in [1.807, 2.05) is 0 Å². The van der Waals surface area contributed by atoms with Crippen LogP contribution in [0.15, 0.2) is 0 Å². The summed E-state index contributed by atoms with van der Waals surface area (Å²) in [6.45, 7) is 6.20. The third kappa shape index (κ3) is 2.78. The number of hydrogen-bond donors (Lipinski definition) is 1. The Morgan fingerprint density at radius 2 is 1.72 bits per heavy atom. The molecule has 0 spiro atoms. The molecule has 0 saturated carbocycles. The van der Waals surface area contributed by atoms with Gasteiger partial charge in [-0.25, -0.2) is 0 Å². The van der Waals surface area contributed by atoms with Gasteiger partial charge in [-0.15, -0.1) is 0 Å². The monoisotopic (exact) mass is 252 g/mol. The standard InChI is InChI=1S/C12H16N2O4/c1-7(2)12(6-14,9(5-13)10(15)16)11(17)18-8(3)4/h7-9H,1-4H3,(H,15,16). The number of carbonyl (C=O) groups is 2. The molecule has 0 aliphatic heterocycles. The molecule has 0 radical (unpaired) electrons. The number of carbonyl (C=O) groups excluding carboxylic acids is 1. The van der Waals surface area contributed by atoms with Crippen molar-refractivity contribution in [3.05, 3.63) is 0 Å². The van der Waals surface area contributed by atoms with Crippen LogP contribution in [0.3, 0.4) is 0 Å². The van der Waals surface area contributed by atoms with E-state index in [1.54, 1.807) is 19.9 Å². The van der Waals surface area contributed by atoms with E-state index >= 15 is 0 Å². The zero-order chi connectivity index (χ0) is 14.5. The predicted octanol–water partition coefficient (Wildman–Crippen LogP) is 1.33. The van der Waals surface area contributed by atoms with Crippen molar-refractivity contribution in [1.82, 2.24) is 0 Å². The fourth-order valence-corrected chi connectivity index (χ4v) is 1.59. The first-order valence-corrected chi connectivity index (χ1v) is 5.48. The third-order valence-corrected chi connectivity index (χ3v) is 2.61. The van der Waals surface area contributed by atoms with Crippen LogP contribution in [0.4, 0.5) is 0 Å². The molecule has 0 rings (SSSR count). The van der Waals surface area contributed by atoms with E-state index in [-0.39, 0.29) is 0 Å². The van der Waals surface area contributed by atoms with Crippen molar-refractivity contribution in [3.8, 4) is 12.1 Å². The van der Waals surface area contributed by atoms with E-state index in [9.17, 15) is 14.9 Å². The molecule has 0 aromatic heterocycles. The lowest BCUT2D eigenvalue weighted by molar-refractivity contribution is -0.166. The van der Waals surface area contributed by atoms with Gasteiger partial charge in [0.05, 0.1) is 18.2 Å². The Kier molecular flexibility index (Phi) is 5.32. The number of hydrogen-bond acceptors (Lipinski definition) is 5. The van der Waals surface area contributed by atoms with Gasteiger partial charge in [0, 0.05) is 0 Å². The molecule has 0 aromatic carbocycles. The molecule has 0 bridgehead atoms. The molecule has 1 N–H and O–H groups in total. The van der Waals surface area contributed by atoms with Crippen molar-refractivity contribution in [3.63, 3.8) is 0 Å². The van der Waals surface area contributed by atoms with Gasteiger partial charge >= 0.3 is 11.9 Å². The second-order valence-electron chi connectivity index (χ2n) is 4.49. The summed E-state index contributed by atoms with van der Waals surface area (Å²) in [4.78, 5) is 23.0. The molecule has 0 aromatic rings. The molecular weight excluding hydrogens is 236 g/mol. The van der Waals surface area contributed by atoms with Crippen molar-refractivity contribution in [1.29, 1.82) is 10.5 Å². The molecule has 0 saturated heterocycles. The first kappa shape index (κ1) is 15.9. The Morgan fingerprint density at radius 1 is 1.22 bits per heavy atom. The van der Waals surface area contributed by atoms with E-state index < -0.39 is 35.3 Å². The molecule has 98 valence electrons. The van der Waals surface area contributed by atoms with Crippen molar-refractivity contribution in [2.24, 2.45) is 17.3 Å². The number of rotatable bonds is 5. The Morgan fingerprint density at radius 3 is 1.94 bits per heavy atom. The largest absolute Gasteiger partial charge is 0.480 e. The van der Waals surface area contributed by atoms with E-state index in [0.29, 0.717) is 0 Å². The van der Waals surface area contributed by atoms with Crippen LogP contribution in [0, 0.1) is 39.9 Å². The fourth-order valence-electron chi connectivity index (χ4n) is 1.59. The minimum absolute atomic E-state index is 0.489. The average molecular weight is 252 g/mol. The van der Waals surface area contributed by atoms with Gasteiger partial charge < -0.3 is 9.84 Å². The maximum Gasteiger partial charge on any atom is 0.329 e. The zero-order valence-corrected chi connectivity index (χ0v) is 10.8. The number of carboxylic acids is 1. The van der Waals surface area contributed by atoms with Crippen molar-refractivity contribution in [2.75, 3.05) is 0 Å².